The van der Waals surface area contributed by atoms with Crippen LogP contribution in [0.25, 0.3) is 10.9 Å². The van der Waals surface area contributed by atoms with Gasteiger partial charge in [-0.3, -0.25) is 0 Å². The highest BCUT2D eigenvalue weighted by molar-refractivity contribution is 7.09. The summed E-state index contributed by atoms with van der Waals surface area (Å²) in [6.45, 7) is 0. The second-order valence-electron chi connectivity index (χ2n) is 3.49. The van der Waals surface area contributed by atoms with E-state index in [9.17, 15) is 0 Å². The van der Waals surface area contributed by atoms with Crippen molar-refractivity contribution in [1.29, 1.82) is 0 Å². The molecule has 2 aromatic heterocycles. The highest BCUT2D eigenvalue weighted by Gasteiger charge is 2.14. The number of aromatic nitrogens is 1. The van der Waals surface area contributed by atoms with Crippen molar-refractivity contribution in [3.8, 4) is 0 Å². The first-order valence-electron chi connectivity index (χ1n) is 4.51. The van der Waals surface area contributed by atoms with E-state index in [1.54, 1.807) is 16.9 Å². The van der Waals surface area contributed by atoms with Gasteiger partial charge in [-0.2, -0.15) is 0 Å². The van der Waals surface area contributed by atoms with Gasteiger partial charge in [0.1, 0.15) is 0 Å². The lowest BCUT2D eigenvalue weighted by atomic mass is 9.97. The van der Waals surface area contributed by atoms with Gasteiger partial charge in [-0.1, -0.05) is 0 Å². The van der Waals surface area contributed by atoms with Gasteiger partial charge in [-0.25, -0.2) is 0 Å². The SMILES string of the molecule is c1scc2c3c([nH]c12)CCCC3. The van der Waals surface area contributed by atoms with Crippen LogP contribution >= 0.6 is 11.3 Å². The summed E-state index contributed by atoms with van der Waals surface area (Å²) in [6, 6.07) is 0. The topological polar surface area (TPSA) is 15.8 Å². The van der Waals surface area contributed by atoms with Crippen molar-refractivity contribution in [2.75, 3.05) is 0 Å². The Morgan fingerprint density at radius 2 is 2.08 bits per heavy atom. The van der Waals surface area contributed by atoms with Gasteiger partial charge in [-0.05, 0) is 31.2 Å². The fourth-order valence-corrected chi connectivity index (χ4v) is 2.93. The number of thiophene rings is 1. The number of aryl methyl sites for hydroxylation is 2. The molecule has 0 unspecified atom stereocenters. The second-order valence-corrected chi connectivity index (χ2v) is 4.23. The molecule has 12 heavy (non-hydrogen) atoms. The molecule has 0 saturated heterocycles. The van der Waals surface area contributed by atoms with E-state index >= 15 is 0 Å². The molecule has 62 valence electrons. The van der Waals surface area contributed by atoms with E-state index in [-0.39, 0.29) is 0 Å². The molecule has 1 nitrogen and oxygen atoms in total. The van der Waals surface area contributed by atoms with E-state index in [0.29, 0.717) is 0 Å². The monoisotopic (exact) mass is 177 g/mol. The molecule has 2 heteroatoms. The first-order chi connectivity index (χ1) is 5.95. The lowest BCUT2D eigenvalue weighted by Crippen LogP contribution is -1.99. The predicted molar refractivity (Wildman–Crippen MR) is 52.8 cm³/mol. The van der Waals surface area contributed by atoms with Crippen LogP contribution in [0.3, 0.4) is 0 Å². The summed E-state index contributed by atoms with van der Waals surface area (Å²) < 4.78 is 0. The van der Waals surface area contributed by atoms with Gasteiger partial charge in [-0.15, -0.1) is 11.3 Å². The molecule has 0 spiro atoms. The molecule has 1 aliphatic rings. The number of H-pyrrole nitrogens is 1. The van der Waals surface area contributed by atoms with Crippen molar-refractivity contribution in [1.82, 2.24) is 4.98 Å². The number of hydrogen-bond donors (Lipinski definition) is 1. The summed E-state index contributed by atoms with van der Waals surface area (Å²) in [5.41, 5.74) is 4.45. The van der Waals surface area contributed by atoms with E-state index in [4.69, 9.17) is 0 Å². The minimum atomic E-state index is 1.26. The fourth-order valence-electron chi connectivity index (χ4n) is 2.13. The third kappa shape index (κ3) is 0.787. The maximum absolute atomic E-state index is 3.51. The number of hydrogen-bond acceptors (Lipinski definition) is 1. The van der Waals surface area contributed by atoms with Gasteiger partial charge in [0, 0.05) is 21.8 Å². The average Bonchev–Trinajstić information content (AvgIpc) is 2.62. The van der Waals surface area contributed by atoms with Crippen LogP contribution in [0.5, 0.6) is 0 Å². The average molecular weight is 177 g/mol. The molecule has 0 radical (unpaired) electrons. The van der Waals surface area contributed by atoms with Gasteiger partial charge in [0.2, 0.25) is 0 Å². The van der Waals surface area contributed by atoms with Gasteiger partial charge >= 0.3 is 0 Å². The van der Waals surface area contributed by atoms with Crippen molar-refractivity contribution < 1.29 is 0 Å². The third-order valence-corrected chi connectivity index (χ3v) is 3.48. The standard InChI is InChI=1S/C10H11NS/c1-2-4-9-7(3-1)8-5-12-6-10(8)11-9/h5-6,11H,1-4H2. The summed E-state index contributed by atoms with van der Waals surface area (Å²) in [5.74, 6) is 0. The Morgan fingerprint density at radius 3 is 3.08 bits per heavy atom. The van der Waals surface area contributed by atoms with Crippen molar-refractivity contribution >= 4 is 22.2 Å². The lowest BCUT2D eigenvalue weighted by Gasteiger charge is -2.09. The molecule has 1 N–H and O–H groups in total. The minimum absolute atomic E-state index is 1.26. The first kappa shape index (κ1) is 6.72. The highest BCUT2D eigenvalue weighted by atomic mass is 32.1. The van der Waals surface area contributed by atoms with Gasteiger partial charge < -0.3 is 4.98 Å². The molecular weight excluding hydrogens is 166 g/mol. The molecule has 0 fully saturated rings. The van der Waals surface area contributed by atoms with Crippen LogP contribution in [0.1, 0.15) is 24.1 Å². The summed E-state index contributed by atoms with van der Waals surface area (Å²) >= 11 is 1.80. The summed E-state index contributed by atoms with van der Waals surface area (Å²) in [4.78, 5) is 3.51. The molecule has 2 aromatic rings. The smallest absolute Gasteiger partial charge is 0.0567 e. The zero-order valence-corrected chi connectivity index (χ0v) is 7.71. The Bertz CT molecular complexity index is 410. The van der Waals surface area contributed by atoms with Crippen LogP contribution in [0.15, 0.2) is 10.8 Å². The summed E-state index contributed by atoms with van der Waals surface area (Å²) in [7, 11) is 0. The Balaban J connectivity index is 2.34. The summed E-state index contributed by atoms with van der Waals surface area (Å²) in [6.07, 6.45) is 5.27. The van der Waals surface area contributed by atoms with Crippen LogP contribution < -0.4 is 0 Å². The molecule has 0 saturated carbocycles. The number of rotatable bonds is 0. The number of aromatic amines is 1. The van der Waals surface area contributed by atoms with Crippen LogP contribution in [-0.4, -0.2) is 4.98 Å². The summed E-state index contributed by atoms with van der Waals surface area (Å²) in [5, 5.41) is 5.97. The van der Waals surface area contributed by atoms with E-state index < -0.39 is 0 Å². The van der Waals surface area contributed by atoms with E-state index in [1.165, 1.54) is 42.3 Å². The van der Waals surface area contributed by atoms with E-state index in [1.807, 2.05) is 0 Å². The van der Waals surface area contributed by atoms with Crippen molar-refractivity contribution in [2.45, 2.75) is 25.7 Å². The predicted octanol–water partition coefficient (Wildman–Crippen LogP) is 3.11. The Hall–Kier alpha value is -0.760. The van der Waals surface area contributed by atoms with E-state index in [2.05, 4.69) is 15.7 Å². The normalized spacial score (nSPS) is 16.7. The van der Waals surface area contributed by atoms with Gasteiger partial charge in [0.25, 0.3) is 0 Å². The van der Waals surface area contributed by atoms with Crippen LogP contribution in [-0.2, 0) is 12.8 Å². The molecule has 0 aromatic carbocycles. The molecule has 3 rings (SSSR count). The molecule has 0 atom stereocenters. The minimum Gasteiger partial charge on any atom is -0.357 e. The van der Waals surface area contributed by atoms with Crippen molar-refractivity contribution in [3.63, 3.8) is 0 Å². The fraction of sp³-hybridized carbons (Fsp3) is 0.400. The molecule has 0 aliphatic heterocycles. The van der Waals surface area contributed by atoms with Gasteiger partial charge in [0.15, 0.2) is 0 Å². The molecule has 0 amide bonds. The van der Waals surface area contributed by atoms with Crippen molar-refractivity contribution in [3.05, 3.63) is 22.0 Å². The van der Waals surface area contributed by atoms with Crippen molar-refractivity contribution in [2.24, 2.45) is 0 Å². The zero-order valence-electron chi connectivity index (χ0n) is 6.89. The highest BCUT2D eigenvalue weighted by Crippen LogP contribution is 2.30. The Morgan fingerprint density at radius 1 is 1.17 bits per heavy atom. The zero-order chi connectivity index (χ0) is 7.97. The van der Waals surface area contributed by atoms with Crippen LogP contribution in [0.4, 0.5) is 0 Å². The second kappa shape index (κ2) is 2.36. The number of fused-ring (bicyclic) bond motifs is 3. The molecule has 0 bridgehead atoms. The first-order valence-corrected chi connectivity index (χ1v) is 5.45. The van der Waals surface area contributed by atoms with Crippen LogP contribution in [0, 0.1) is 0 Å². The largest absolute Gasteiger partial charge is 0.357 e. The maximum Gasteiger partial charge on any atom is 0.0567 e. The Kier molecular flexibility index (Phi) is 1.32. The quantitative estimate of drug-likeness (QED) is 0.636. The van der Waals surface area contributed by atoms with E-state index in [0.717, 1.165) is 0 Å². The molecule has 2 heterocycles. The lowest BCUT2D eigenvalue weighted by molar-refractivity contribution is 0.680. The van der Waals surface area contributed by atoms with Crippen LogP contribution in [0.2, 0.25) is 0 Å². The molecule has 1 aliphatic carbocycles. The molecular formula is C10H11NS. The van der Waals surface area contributed by atoms with Gasteiger partial charge in [0.05, 0.1) is 5.52 Å². The maximum atomic E-state index is 3.51. The number of nitrogens with one attached hydrogen (secondary N) is 1. The third-order valence-electron chi connectivity index (χ3n) is 2.74. The Labute approximate surface area is 75.4 Å².